The van der Waals surface area contributed by atoms with E-state index in [0.29, 0.717) is 25.7 Å². The van der Waals surface area contributed by atoms with E-state index in [-0.39, 0.29) is 23.6 Å². The zero-order valence-corrected chi connectivity index (χ0v) is 10.9. The van der Waals surface area contributed by atoms with Crippen LogP contribution in [0.4, 0.5) is 0 Å². The molecular formula is C13H21NO3. The summed E-state index contributed by atoms with van der Waals surface area (Å²) in [6, 6.07) is 2.09. The van der Waals surface area contributed by atoms with Crippen LogP contribution in [0.3, 0.4) is 0 Å². The van der Waals surface area contributed by atoms with Crippen LogP contribution < -0.4 is 0 Å². The van der Waals surface area contributed by atoms with Gasteiger partial charge in [0.15, 0.2) is 0 Å². The van der Waals surface area contributed by atoms with Gasteiger partial charge in [-0.25, -0.2) is 0 Å². The molecule has 0 heterocycles. The number of carbonyl (C=O) groups excluding carboxylic acids is 2. The molecule has 0 aliphatic carbocycles. The highest BCUT2D eigenvalue weighted by Gasteiger charge is 2.27. The summed E-state index contributed by atoms with van der Waals surface area (Å²) in [4.78, 5) is 22.7. The second-order valence-corrected chi connectivity index (χ2v) is 4.24. The summed E-state index contributed by atoms with van der Waals surface area (Å²) in [5.74, 6) is -0.325. The van der Waals surface area contributed by atoms with Crippen LogP contribution in [0.25, 0.3) is 0 Å². The van der Waals surface area contributed by atoms with E-state index in [2.05, 4.69) is 6.07 Å². The molecule has 0 amide bonds. The number of hydrogen-bond acceptors (Lipinski definition) is 4. The summed E-state index contributed by atoms with van der Waals surface area (Å²) in [5, 5.41) is 8.59. The third-order valence-electron chi connectivity index (χ3n) is 3.03. The highest BCUT2D eigenvalue weighted by atomic mass is 16.5. The lowest BCUT2D eigenvalue weighted by Crippen LogP contribution is -2.25. The van der Waals surface area contributed by atoms with E-state index >= 15 is 0 Å². The highest BCUT2D eigenvalue weighted by Crippen LogP contribution is 2.26. The first kappa shape index (κ1) is 15.6. The number of methoxy groups -OCH3 is 1. The molecular weight excluding hydrogens is 218 g/mol. The zero-order chi connectivity index (χ0) is 13.3. The van der Waals surface area contributed by atoms with Crippen LogP contribution >= 0.6 is 0 Å². The fourth-order valence-electron chi connectivity index (χ4n) is 2.00. The van der Waals surface area contributed by atoms with E-state index < -0.39 is 0 Å². The van der Waals surface area contributed by atoms with Gasteiger partial charge in [0.25, 0.3) is 0 Å². The number of ketones is 1. The van der Waals surface area contributed by atoms with Crippen LogP contribution in [0.15, 0.2) is 0 Å². The van der Waals surface area contributed by atoms with Gasteiger partial charge in [0.2, 0.25) is 0 Å². The number of ether oxygens (including phenoxy) is 1. The molecule has 96 valence electrons. The van der Waals surface area contributed by atoms with Crippen LogP contribution in [-0.4, -0.2) is 18.9 Å². The Morgan fingerprint density at radius 1 is 1.35 bits per heavy atom. The lowest BCUT2D eigenvalue weighted by atomic mass is 9.83. The summed E-state index contributed by atoms with van der Waals surface area (Å²) in [6.45, 7) is 3.51. The molecule has 0 fully saturated rings. The lowest BCUT2D eigenvalue weighted by molar-refractivity contribution is -0.148. The minimum Gasteiger partial charge on any atom is -0.469 e. The van der Waals surface area contributed by atoms with Gasteiger partial charge in [-0.2, -0.15) is 5.26 Å². The van der Waals surface area contributed by atoms with Crippen molar-refractivity contribution in [3.05, 3.63) is 0 Å². The summed E-state index contributed by atoms with van der Waals surface area (Å²) >= 11 is 0. The molecule has 0 N–H and O–H groups in total. The smallest absolute Gasteiger partial charge is 0.308 e. The van der Waals surface area contributed by atoms with Crippen molar-refractivity contribution in [2.45, 2.75) is 46.0 Å². The molecule has 0 bridgehead atoms. The average Bonchev–Trinajstić information content (AvgIpc) is 2.32. The van der Waals surface area contributed by atoms with Gasteiger partial charge in [-0.05, 0) is 25.7 Å². The molecule has 17 heavy (non-hydrogen) atoms. The first-order valence-corrected chi connectivity index (χ1v) is 6.01. The summed E-state index contributed by atoms with van der Waals surface area (Å²) in [5.41, 5.74) is 0. The first-order chi connectivity index (χ1) is 8.06. The van der Waals surface area contributed by atoms with Crippen LogP contribution in [-0.2, 0) is 14.3 Å². The van der Waals surface area contributed by atoms with Crippen molar-refractivity contribution >= 4 is 11.8 Å². The maximum absolute atomic E-state index is 11.7. The number of nitrogens with zero attached hydrogens (tertiary/aromatic N) is 1. The molecule has 4 nitrogen and oxygen atoms in total. The number of carbonyl (C=O) groups is 2. The van der Waals surface area contributed by atoms with Crippen LogP contribution in [0, 0.1) is 23.2 Å². The van der Waals surface area contributed by atoms with Crippen LogP contribution in [0.2, 0.25) is 0 Å². The van der Waals surface area contributed by atoms with Crippen molar-refractivity contribution in [1.82, 2.24) is 0 Å². The summed E-state index contributed by atoms with van der Waals surface area (Å²) in [7, 11) is 1.36. The Labute approximate surface area is 103 Å². The Bertz CT molecular complexity index is 294. The van der Waals surface area contributed by atoms with Crippen molar-refractivity contribution in [1.29, 1.82) is 5.26 Å². The average molecular weight is 239 g/mol. The molecule has 1 unspecified atom stereocenters. The normalized spacial score (nSPS) is 13.5. The number of rotatable bonds is 8. The zero-order valence-electron chi connectivity index (χ0n) is 10.9. The predicted molar refractivity (Wildman–Crippen MR) is 64.0 cm³/mol. The topological polar surface area (TPSA) is 67.2 Å². The lowest BCUT2D eigenvalue weighted by Gasteiger charge is -2.23. The van der Waals surface area contributed by atoms with Crippen LogP contribution in [0.5, 0.6) is 0 Å². The monoisotopic (exact) mass is 239 g/mol. The van der Waals surface area contributed by atoms with Gasteiger partial charge in [0.05, 0.1) is 19.1 Å². The van der Waals surface area contributed by atoms with E-state index in [4.69, 9.17) is 10.00 Å². The minimum absolute atomic E-state index is 0.0778. The fraction of sp³-hybridized carbons (Fsp3) is 0.769. The van der Waals surface area contributed by atoms with Gasteiger partial charge in [-0.1, -0.05) is 13.3 Å². The van der Waals surface area contributed by atoms with Crippen molar-refractivity contribution in [2.75, 3.05) is 7.11 Å². The Hall–Kier alpha value is -1.37. The van der Waals surface area contributed by atoms with Gasteiger partial charge in [0.1, 0.15) is 5.78 Å². The fourth-order valence-corrected chi connectivity index (χ4v) is 2.00. The van der Waals surface area contributed by atoms with E-state index in [9.17, 15) is 9.59 Å². The van der Waals surface area contributed by atoms with Gasteiger partial charge < -0.3 is 9.53 Å². The molecule has 0 radical (unpaired) electrons. The Balaban J connectivity index is 4.56. The van der Waals surface area contributed by atoms with Crippen molar-refractivity contribution in [2.24, 2.45) is 11.8 Å². The highest BCUT2D eigenvalue weighted by molar-refractivity contribution is 5.77. The molecule has 2 atom stereocenters. The largest absolute Gasteiger partial charge is 0.469 e. The van der Waals surface area contributed by atoms with Gasteiger partial charge in [0, 0.05) is 12.8 Å². The van der Waals surface area contributed by atoms with E-state index in [1.165, 1.54) is 14.0 Å². The van der Waals surface area contributed by atoms with Crippen molar-refractivity contribution in [3.63, 3.8) is 0 Å². The SMILES string of the molecule is CCC(CCC#N)[C@@H](CCC(C)=O)C(=O)OC. The molecule has 0 aromatic rings. The van der Waals surface area contributed by atoms with Gasteiger partial charge in [-0.15, -0.1) is 0 Å². The van der Waals surface area contributed by atoms with E-state index in [0.717, 1.165) is 6.42 Å². The first-order valence-electron chi connectivity index (χ1n) is 6.01. The van der Waals surface area contributed by atoms with Gasteiger partial charge >= 0.3 is 5.97 Å². The molecule has 0 aromatic heterocycles. The molecule has 0 aliphatic heterocycles. The number of hydrogen-bond donors (Lipinski definition) is 0. The van der Waals surface area contributed by atoms with Gasteiger partial charge in [-0.3, -0.25) is 4.79 Å². The second kappa shape index (κ2) is 8.74. The minimum atomic E-state index is -0.268. The molecule has 0 aliphatic rings. The second-order valence-electron chi connectivity index (χ2n) is 4.24. The molecule has 4 heteroatoms. The van der Waals surface area contributed by atoms with E-state index in [1.807, 2.05) is 6.92 Å². The third kappa shape index (κ3) is 6.06. The molecule has 0 saturated heterocycles. The standard InChI is InChI=1S/C13H21NO3/c1-4-11(6-5-9-14)12(13(16)17-3)8-7-10(2)15/h11-12H,4-8H2,1-3H3/t11?,12-/m1/s1. The number of Topliss-reactive ketones (excluding diaryl/α,β-unsaturated/α-hetero) is 1. The summed E-state index contributed by atoms with van der Waals surface area (Å²) in [6.07, 6.45) is 2.85. The number of esters is 1. The van der Waals surface area contributed by atoms with Crippen molar-refractivity contribution in [3.8, 4) is 6.07 Å². The quantitative estimate of drug-likeness (QED) is 0.610. The maximum Gasteiger partial charge on any atom is 0.308 e. The Morgan fingerprint density at radius 3 is 2.41 bits per heavy atom. The Morgan fingerprint density at radius 2 is 2.00 bits per heavy atom. The predicted octanol–water partition coefficient (Wildman–Crippen LogP) is 2.47. The van der Waals surface area contributed by atoms with Crippen molar-refractivity contribution < 1.29 is 14.3 Å². The molecule has 0 saturated carbocycles. The molecule has 0 aromatic carbocycles. The third-order valence-corrected chi connectivity index (χ3v) is 3.03. The summed E-state index contributed by atoms with van der Waals surface area (Å²) < 4.78 is 4.77. The maximum atomic E-state index is 11.7. The number of nitriles is 1. The van der Waals surface area contributed by atoms with E-state index in [1.54, 1.807) is 0 Å². The Kier molecular flexibility index (Phi) is 8.04. The van der Waals surface area contributed by atoms with Crippen LogP contribution in [0.1, 0.15) is 46.0 Å². The molecule has 0 rings (SSSR count). The molecule has 0 spiro atoms.